The quantitative estimate of drug-likeness (QED) is 0.0126. The number of nitrogens with two attached hydrogens (primary N) is 2. The Bertz CT molecular complexity index is 2530. The Balaban J connectivity index is 1.35. The van der Waals surface area contributed by atoms with Crippen LogP contribution >= 0.6 is 38.1 Å². The van der Waals surface area contributed by atoms with Gasteiger partial charge in [-0.3, -0.25) is 33.2 Å². The predicted molar refractivity (Wildman–Crippen MR) is 265 cm³/mol. The van der Waals surface area contributed by atoms with E-state index in [9.17, 15) is 43.1 Å². The number of imidazole rings is 1. The molecule has 9 N–H and O–H groups in total. The third-order valence-electron chi connectivity index (χ3n) is 10.3. The van der Waals surface area contributed by atoms with Crippen LogP contribution in [-0.4, -0.2) is 162 Å². The van der Waals surface area contributed by atoms with Crippen molar-refractivity contribution in [3.63, 3.8) is 0 Å². The summed E-state index contributed by atoms with van der Waals surface area (Å²) in [6, 6.07) is 3.15. The molecule has 1 aliphatic heterocycles. The number of urea groups is 1. The van der Waals surface area contributed by atoms with E-state index >= 15 is 0 Å². The molecule has 3 heterocycles. The summed E-state index contributed by atoms with van der Waals surface area (Å²) in [5, 5.41) is 27.4. The maximum Gasteiger partial charge on any atom is 0.508 e. The summed E-state index contributed by atoms with van der Waals surface area (Å²) in [5.41, 5.74) is 12.2. The van der Waals surface area contributed by atoms with Crippen molar-refractivity contribution in [3.05, 3.63) is 42.5 Å². The topological polar surface area (TPSA) is 406 Å². The molecule has 0 spiro atoms. The first-order chi connectivity index (χ1) is 35.0. The normalized spacial score (nSPS) is 18.9. The number of primary amides is 1. The minimum absolute atomic E-state index is 0.0154. The fourth-order valence-electron chi connectivity index (χ4n) is 6.56. The SMILES string of the molecule is CC/N=N\N(O)CC(=O)N[C@H](C(=O)N[C@@H](CCCNC(N)=O)C(=O)Nc1ccc(COC(=O)N(C)CCOC(=O)O[C@@H]2[C@H](OP(=O)(S)OC)[C@@H](COP(=O)(S)OC)O[C@H]2n2cnc3c(N)ncnc32)cc1)C(C)C. The summed E-state index contributed by atoms with van der Waals surface area (Å²) < 4.78 is 70.0. The summed E-state index contributed by atoms with van der Waals surface area (Å²) in [4.78, 5) is 90.4. The van der Waals surface area contributed by atoms with Crippen molar-refractivity contribution >= 4 is 96.8 Å². The number of thiol groups is 2. The molecule has 31 nitrogen and oxygen atoms in total. The smallest absolute Gasteiger partial charge is 0.445 e. The highest BCUT2D eigenvalue weighted by Gasteiger charge is 2.53. The Labute approximate surface area is 434 Å². The van der Waals surface area contributed by atoms with Crippen LogP contribution in [0.3, 0.4) is 0 Å². The number of hydroxylamine groups is 1. The number of carbonyl (C=O) groups excluding carboxylic acids is 6. The van der Waals surface area contributed by atoms with E-state index in [1.807, 2.05) is 0 Å². The monoisotopic (exact) mass is 1120 g/mol. The molecule has 1 aliphatic rings. The van der Waals surface area contributed by atoms with E-state index in [-0.39, 0.29) is 56.1 Å². The van der Waals surface area contributed by atoms with Gasteiger partial charge in [0.15, 0.2) is 23.8 Å². The van der Waals surface area contributed by atoms with Gasteiger partial charge in [0.05, 0.1) is 26.0 Å². The molecule has 2 aromatic heterocycles. The van der Waals surface area contributed by atoms with E-state index in [4.69, 9.17) is 48.5 Å². The number of benzene rings is 1. The lowest BCUT2D eigenvalue weighted by atomic mass is 10.0. The highest BCUT2D eigenvalue weighted by molar-refractivity contribution is 8.44. The van der Waals surface area contributed by atoms with Crippen molar-refractivity contribution in [2.75, 3.05) is 71.7 Å². The van der Waals surface area contributed by atoms with Crippen LogP contribution in [0.15, 0.2) is 47.3 Å². The summed E-state index contributed by atoms with van der Waals surface area (Å²) in [6.07, 6.45) is -5.12. The number of aromatic nitrogens is 4. The lowest BCUT2D eigenvalue weighted by molar-refractivity contribution is -0.143. The summed E-state index contributed by atoms with van der Waals surface area (Å²) in [6.45, 7) is -4.71. The molecular formula is C39H60N14O17P2S2. The maximum absolute atomic E-state index is 13.5. The third kappa shape index (κ3) is 18.8. The molecule has 1 fully saturated rings. The molecule has 3 aromatic rings. The molecule has 35 heteroatoms. The Kier molecular flexibility index (Phi) is 23.5. The zero-order valence-corrected chi connectivity index (χ0v) is 44.4. The van der Waals surface area contributed by atoms with Crippen molar-refractivity contribution in [2.24, 2.45) is 22.0 Å². The number of nitrogen functional groups attached to an aromatic ring is 1. The number of fused-ring (bicyclic) bond motifs is 1. The molecule has 6 amide bonds. The predicted octanol–water partition coefficient (Wildman–Crippen LogP) is 2.96. The lowest BCUT2D eigenvalue weighted by Gasteiger charge is -2.26. The molecular weight excluding hydrogens is 1060 g/mol. The van der Waals surface area contributed by atoms with Gasteiger partial charge in [-0.2, -0.15) is 5.11 Å². The second-order valence-corrected chi connectivity index (χ2v) is 22.0. The van der Waals surface area contributed by atoms with Gasteiger partial charge in [0.25, 0.3) is 0 Å². The maximum atomic E-state index is 13.5. The first-order valence-electron chi connectivity index (χ1n) is 22.2. The third-order valence-corrected chi connectivity index (χ3v) is 13.8. The van der Waals surface area contributed by atoms with Crippen LogP contribution in [0.2, 0.25) is 0 Å². The van der Waals surface area contributed by atoms with Gasteiger partial charge in [-0.25, -0.2) is 38.5 Å². The van der Waals surface area contributed by atoms with Crippen molar-refractivity contribution in [1.82, 2.24) is 45.5 Å². The van der Waals surface area contributed by atoms with Crippen molar-refractivity contribution < 1.29 is 80.1 Å². The van der Waals surface area contributed by atoms with E-state index in [0.717, 1.165) is 25.4 Å². The van der Waals surface area contributed by atoms with Crippen LogP contribution in [0.25, 0.3) is 11.2 Å². The number of nitrogens with one attached hydrogen (secondary N) is 4. The summed E-state index contributed by atoms with van der Waals surface area (Å²) in [7, 11) is 3.52. The number of carbonyl (C=O) groups is 6. The first kappa shape index (κ1) is 60.7. The average Bonchev–Trinajstić information content (AvgIpc) is 3.93. The molecule has 8 atom stereocenters. The van der Waals surface area contributed by atoms with Crippen molar-refractivity contribution in [3.8, 4) is 0 Å². The van der Waals surface area contributed by atoms with Crippen LogP contribution in [0.4, 0.5) is 25.9 Å². The van der Waals surface area contributed by atoms with E-state index in [1.54, 1.807) is 32.9 Å². The largest absolute Gasteiger partial charge is 0.508 e. The van der Waals surface area contributed by atoms with Gasteiger partial charge in [0.1, 0.15) is 55.9 Å². The average molecular weight is 1120 g/mol. The molecule has 74 heavy (non-hydrogen) atoms. The van der Waals surface area contributed by atoms with Gasteiger partial charge in [-0.05, 0) is 43.4 Å². The van der Waals surface area contributed by atoms with E-state index in [0.29, 0.717) is 16.4 Å². The lowest BCUT2D eigenvalue weighted by Crippen LogP contribution is -2.55. The van der Waals surface area contributed by atoms with Gasteiger partial charge < -0.3 is 65.6 Å². The standard InChI is InChI=1S/C39H60N14O17P2S2/c1-7-46-50-53(60)17-27(54)49-28(22(2)3)35(56)48-25(9-8-14-42-37(41)57)34(55)47-24-12-10-23(11-13-24)18-66-38(58)51(4)15-16-65-39(59)69-31-30(70-72(62,74)64-6)26(19-67-71(61,73)63-5)68-36(31)52-21-45-29-32(40)43-20-44-33(29)52/h10-13,20-22,25-26,28,30-31,36,60H,7-9,14-19H2,1-6H3,(H,47,55)(H,48,56)(H,49,54)(H,61,73)(H,62,74)(H2,40,43,44)(H3,41,42,57)/b50-46-/t25-,26+,28-,30+,31+,36+,71?,72?/m0/s1. The second kappa shape index (κ2) is 28.7. The highest BCUT2D eigenvalue weighted by atomic mass is 32.7. The number of likely N-dealkylation sites (N-methyl/N-ethyl adjacent to an activating group) is 1. The molecule has 2 unspecified atom stereocenters. The van der Waals surface area contributed by atoms with E-state index in [1.165, 1.54) is 30.1 Å². The number of ether oxygens (including phenoxy) is 4. The van der Waals surface area contributed by atoms with Crippen LogP contribution in [0.5, 0.6) is 0 Å². The number of amides is 6. The zero-order chi connectivity index (χ0) is 54.8. The number of hydrogen-bond donors (Lipinski definition) is 9. The fourth-order valence-corrected chi connectivity index (χ4v) is 8.18. The van der Waals surface area contributed by atoms with Gasteiger partial charge in [0.2, 0.25) is 17.7 Å². The van der Waals surface area contributed by atoms with Crippen LogP contribution in [0, 0.1) is 5.92 Å². The van der Waals surface area contributed by atoms with Crippen LogP contribution in [0.1, 0.15) is 45.4 Å². The second-order valence-electron chi connectivity index (χ2n) is 16.0. The van der Waals surface area contributed by atoms with E-state index in [2.05, 4.69) is 71.1 Å². The molecule has 4 rings (SSSR count). The minimum Gasteiger partial charge on any atom is -0.445 e. The highest BCUT2D eigenvalue weighted by Crippen LogP contribution is 2.57. The Morgan fingerprint density at radius 3 is 2.34 bits per heavy atom. The number of hydrogen-bond acceptors (Lipinski definition) is 23. The van der Waals surface area contributed by atoms with Gasteiger partial charge in [-0.15, -0.1) is 5.17 Å². The molecule has 0 aliphatic carbocycles. The van der Waals surface area contributed by atoms with Crippen molar-refractivity contribution in [1.29, 1.82) is 0 Å². The number of nitrogens with zero attached hydrogens (tertiary/aromatic N) is 8. The molecule has 410 valence electrons. The Morgan fingerprint density at radius 2 is 1.69 bits per heavy atom. The van der Waals surface area contributed by atoms with Crippen LogP contribution in [-0.2, 0) is 67.2 Å². The Morgan fingerprint density at radius 1 is 0.986 bits per heavy atom. The minimum atomic E-state index is -4.17. The van der Waals surface area contributed by atoms with Gasteiger partial charge in [-0.1, -0.05) is 55.7 Å². The van der Waals surface area contributed by atoms with Gasteiger partial charge in [0, 0.05) is 33.5 Å². The van der Waals surface area contributed by atoms with E-state index < -0.39 is 112 Å². The number of rotatable bonds is 28. The summed E-state index contributed by atoms with van der Waals surface area (Å²) >= 11 is 7.82. The Hall–Kier alpha value is -5.89. The number of anilines is 2. The summed E-state index contributed by atoms with van der Waals surface area (Å²) in [5.74, 6) is -2.49. The first-order valence-corrected chi connectivity index (χ1v) is 27.6. The fraction of sp³-hybridized carbons (Fsp3) is 0.564. The van der Waals surface area contributed by atoms with Crippen LogP contribution < -0.4 is 32.7 Å². The molecule has 0 bridgehead atoms. The molecule has 1 aromatic carbocycles. The zero-order valence-electron chi connectivity index (χ0n) is 40.9. The molecule has 0 saturated carbocycles. The molecule has 1 saturated heterocycles. The van der Waals surface area contributed by atoms with Gasteiger partial charge >= 0.3 is 31.9 Å². The molecule has 0 radical (unpaired) electrons. The van der Waals surface area contributed by atoms with Crippen molar-refractivity contribution in [2.45, 2.75) is 76.8 Å².